The number of aliphatic hydroxyl groups is 1. The van der Waals surface area contributed by atoms with Gasteiger partial charge >= 0.3 is 0 Å². The van der Waals surface area contributed by atoms with Crippen molar-refractivity contribution in [2.45, 2.75) is 38.5 Å². The summed E-state index contributed by atoms with van der Waals surface area (Å²) in [6.45, 7) is 4.92. The first kappa shape index (κ1) is 13.8. The largest absolute Gasteiger partial charge is 0.396 e. The average molecular weight is 254 g/mol. The summed E-state index contributed by atoms with van der Waals surface area (Å²) in [5, 5.41) is 8.82. The molecule has 1 saturated heterocycles. The maximum Gasteiger partial charge on any atom is 0.225 e. The summed E-state index contributed by atoms with van der Waals surface area (Å²) in [6, 6.07) is 0. The Hall–Kier alpha value is -0.610. The van der Waals surface area contributed by atoms with Crippen LogP contribution in [0.5, 0.6) is 0 Å². The molecular formula is C14H26N2O2. The lowest BCUT2D eigenvalue weighted by Gasteiger charge is -2.37. The molecule has 2 fully saturated rings. The van der Waals surface area contributed by atoms with E-state index in [1.807, 2.05) is 0 Å². The quantitative estimate of drug-likeness (QED) is 0.817. The molecule has 0 bridgehead atoms. The number of carbonyl (C=O) groups is 1. The molecule has 2 aliphatic rings. The Bertz CT molecular complexity index is 257. The van der Waals surface area contributed by atoms with Gasteiger partial charge in [0.2, 0.25) is 5.91 Å². The van der Waals surface area contributed by atoms with Crippen LogP contribution in [0, 0.1) is 5.92 Å². The number of nitrogens with zero attached hydrogens (tertiary/aromatic N) is 2. The molecule has 1 N–H and O–H groups in total. The zero-order valence-electron chi connectivity index (χ0n) is 11.3. The van der Waals surface area contributed by atoms with E-state index in [9.17, 15) is 4.79 Å². The van der Waals surface area contributed by atoms with Crippen molar-refractivity contribution in [2.75, 3.05) is 39.3 Å². The zero-order valence-corrected chi connectivity index (χ0v) is 11.3. The van der Waals surface area contributed by atoms with Crippen molar-refractivity contribution >= 4 is 5.91 Å². The van der Waals surface area contributed by atoms with Gasteiger partial charge in [-0.2, -0.15) is 0 Å². The fourth-order valence-corrected chi connectivity index (χ4v) is 3.09. The smallest absolute Gasteiger partial charge is 0.225 e. The van der Waals surface area contributed by atoms with Crippen LogP contribution in [-0.4, -0.2) is 60.1 Å². The summed E-state index contributed by atoms with van der Waals surface area (Å²) in [4.78, 5) is 16.8. The van der Waals surface area contributed by atoms with Crippen molar-refractivity contribution in [3.63, 3.8) is 0 Å². The van der Waals surface area contributed by atoms with Crippen LogP contribution in [0.3, 0.4) is 0 Å². The first-order valence-corrected chi connectivity index (χ1v) is 7.43. The van der Waals surface area contributed by atoms with Crippen LogP contribution in [0.15, 0.2) is 0 Å². The number of rotatable bonds is 4. The molecule has 0 aromatic heterocycles. The lowest BCUT2D eigenvalue weighted by atomic mass is 9.88. The average Bonchev–Trinajstić information content (AvgIpc) is 2.46. The normalized spacial score (nSPS) is 23.3. The van der Waals surface area contributed by atoms with Crippen molar-refractivity contribution < 1.29 is 9.90 Å². The van der Waals surface area contributed by atoms with Gasteiger partial charge in [0.25, 0.3) is 0 Å². The van der Waals surface area contributed by atoms with E-state index < -0.39 is 0 Å². The molecule has 4 heteroatoms. The number of piperazine rings is 1. The minimum absolute atomic E-state index is 0.265. The number of hydrogen-bond donors (Lipinski definition) is 1. The maximum absolute atomic E-state index is 12.3. The molecule has 18 heavy (non-hydrogen) atoms. The Morgan fingerprint density at radius 1 is 1.06 bits per heavy atom. The topological polar surface area (TPSA) is 43.8 Å². The van der Waals surface area contributed by atoms with Gasteiger partial charge < -0.3 is 10.0 Å². The standard InChI is InChI=1S/C14H26N2O2/c17-12-4-7-15-8-10-16(11-9-15)14(18)13-5-2-1-3-6-13/h13,17H,1-12H2. The summed E-state index contributed by atoms with van der Waals surface area (Å²) >= 11 is 0. The molecule has 0 aromatic rings. The third-order valence-corrected chi connectivity index (χ3v) is 4.27. The highest BCUT2D eigenvalue weighted by molar-refractivity contribution is 5.79. The van der Waals surface area contributed by atoms with Gasteiger partial charge in [0.1, 0.15) is 0 Å². The van der Waals surface area contributed by atoms with Crippen LogP contribution in [0.1, 0.15) is 38.5 Å². The Morgan fingerprint density at radius 3 is 2.33 bits per heavy atom. The second-order valence-electron chi connectivity index (χ2n) is 5.58. The molecule has 4 nitrogen and oxygen atoms in total. The molecule has 0 atom stereocenters. The van der Waals surface area contributed by atoms with Crippen LogP contribution in [-0.2, 0) is 4.79 Å². The fraction of sp³-hybridized carbons (Fsp3) is 0.929. The highest BCUT2D eigenvalue weighted by atomic mass is 16.3. The molecule has 1 saturated carbocycles. The van der Waals surface area contributed by atoms with E-state index in [2.05, 4.69) is 9.80 Å². The maximum atomic E-state index is 12.3. The van der Waals surface area contributed by atoms with Crippen molar-refractivity contribution in [2.24, 2.45) is 5.92 Å². The Labute approximate surface area is 110 Å². The summed E-state index contributed by atoms with van der Waals surface area (Å²) in [6.07, 6.45) is 6.81. The molecule has 0 radical (unpaired) electrons. The van der Waals surface area contributed by atoms with Crippen molar-refractivity contribution in [1.82, 2.24) is 9.80 Å². The fourth-order valence-electron chi connectivity index (χ4n) is 3.09. The lowest BCUT2D eigenvalue weighted by Crippen LogP contribution is -2.50. The third-order valence-electron chi connectivity index (χ3n) is 4.27. The minimum Gasteiger partial charge on any atom is -0.396 e. The molecule has 1 aliphatic carbocycles. The van der Waals surface area contributed by atoms with E-state index in [0.29, 0.717) is 11.8 Å². The van der Waals surface area contributed by atoms with Gasteiger partial charge in [-0.15, -0.1) is 0 Å². The summed E-state index contributed by atoms with van der Waals surface area (Å²) in [5.74, 6) is 0.708. The molecule has 0 unspecified atom stereocenters. The number of aliphatic hydroxyl groups excluding tert-OH is 1. The van der Waals surface area contributed by atoms with E-state index in [-0.39, 0.29) is 6.61 Å². The van der Waals surface area contributed by atoms with Crippen LogP contribution < -0.4 is 0 Å². The van der Waals surface area contributed by atoms with E-state index in [1.165, 1.54) is 19.3 Å². The molecule has 1 aliphatic heterocycles. The molecule has 0 spiro atoms. The highest BCUT2D eigenvalue weighted by Gasteiger charge is 2.28. The van der Waals surface area contributed by atoms with E-state index in [1.54, 1.807) is 0 Å². The summed E-state index contributed by atoms with van der Waals surface area (Å²) in [5.41, 5.74) is 0. The van der Waals surface area contributed by atoms with Gasteiger partial charge in [0, 0.05) is 45.2 Å². The minimum atomic E-state index is 0.265. The predicted octanol–water partition coefficient (Wildman–Crippen LogP) is 1.09. The SMILES string of the molecule is O=C(C1CCCCC1)N1CCN(CCCO)CC1. The van der Waals surface area contributed by atoms with Crippen LogP contribution in [0.25, 0.3) is 0 Å². The molecule has 1 amide bonds. The van der Waals surface area contributed by atoms with Gasteiger partial charge in [-0.3, -0.25) is 9.69 Å². The lowest BCUT2D eigenvalue weighted by molar-refractivity contribution is -0.138. The van der Waals surface area contributed by atoms with Crippen LogP contribution >= 0.6 is 0 Å². The van der Waals surface area contributed by atoms with Gasteiger partial charge in [0.05, 0.1) is 0 Å². The Kier molecular flexibility index (Phi) is 5.45. The molecule has 2 rings (SSSR count). The summed E-state index contributed by atoms with van der Waals surface area (Å²) in [7, 11) is 0. The molecular weight excluding hydrogens is 228 g/mol. The zero-order chi connectivity index (χ0) is 12.8. The van der Waals surface area contributed by atoms with Crippen molar-refractivity contribution in [3.05, 3.63) is 0 Å². The third kappa shape index (κ3) is 3.69. The Balaban J connectivity index is 1.73. The Morgan fingerprint density at radius 2 is 1.72 bits per heavy atom. The van der Waals surface area contributed by atoms with Crippen LogP contribution in [0.2, 0.25) is 0 Å². The summed E-state index contributed by atoms with van der Waals surface area (Å²) < 4.78 is 0. The molecule has 1 heterocycles. The van der Waals surface area contributed by atoms with Crippen molar-refractivity contribution in [3.8, 4) is 0 Å². The number of carbonyl (C=O) groups excluding carboxylic acids is 1. The van der Waals surface area contributed by atoms with E-state index in [4.69, 9.17) is 5.11 Å². The monoisotopic (exact) mass is 254 g/mol. The first-order chi connectivity index (χ1) is 8.81. The van der Waals surface area contributed by atoms with Gasteiger partial charge in [-0.1, -0.05) is 19.3 Å². The predicted molar refractivity (Wildman–Crippen MR) is 71.3 cm³/mol. The van der Waals surface area contributed by atoms with Crippen molar-refractivity contribution in [1.29, 1.82) is 0 Å². The van der Waals surface area contributed by atoms with Gasteiger partial charge in [0.15, 0.2) is 0 Å². The molecule has 0 aromatic carbocycles. The second kappa shape index (κ2) is 7.10. The number of hydrogen-bond acceptors (Lipinski definition) is 3. The first-order valence-electron chi connectivity index (χ1n) is 7.43. The van der Waals surface area contributed by atoms with E-state index >= 15 is 0 Å². The van der Waals surface area contributed by atoms with Gasteiger partial charge in [-0.05, 0) is 19.3 Å². The second-order valence-corrected chi connectivity index (χ2v) is 5.58. The number of amides is 1. The molecule has 104 valence electrons. The van der Waals surface area contributed by atoms with Crippen LogP contribution in [0.4, 0.5) is 0 Å². The van der Waals surface area contributed by atoms with Gasteiger partial charge in [-0.25, -0.2) is 0 Å². The highest BCUT2D eigenvalue weighted by Crippen LogP contribution is 2.25. The van der Waals surface area contributed by atoms with E-state index in [0.717, 1.165) is 52.0 Å².